The molecule has 9 nitrogen and oxygen atoms in total. The molecule has 0 radical (unpaired) electrons. The number of aryl methyl sites for hydroxylation is 1. The van der Waals surface area contributed by atoms with Gasteiger partial charge in [-0.15, -0.1) is 0 Å². The highest BCUT2D eigenvalue weighted by atomic mass is 16.7. The van der Waals surface area contributed by atoms with Crippen LogP contribution in [0.25, 0.3) is 0 Å². The molecule has 0 saturated carbocycles. The summed E-state index contributed by atoms with van der Waals surface area (Å²) >= 11 is 0. The third-order valence-electron chi connectivity index (χ3n) is 6.11. The van der Waals surface area contributed by atoms with E-state index in [9.17, 15) is 9.59 Å². The molecule has 30 heavy (non-hydrogen) atoms. The van der Waals surface area contributed by atoms with Crippen molar-refractivity contribution in [2.75, 3.05) is 26.4 Å². The number of fused-ring (bicyclic) bond motifs is 1. The molecule has 3 aliphatic heterocycles. The zero-order valence-corrected chi connectivity index (χ0v) is 16.8. The number of piperidine rings is 1. The highest BCUT2D eigenvalue weighted by Crippen LogP contribution is 2.41. The van der Waals surface area contributed by atoms with Crippen LogP contribution in [-0.2, 0) is 11.8 Å². The summed E-state index contributed by atoms with van der Waals surface area (Å²) in [6.45, 7) is 1.96. The number of likely N-dealkylation sites (tertiary alicyclic amines) is 1. The normalized spacial score (nSPS) is 21.4. The van der Waals surface area contributed by atoms with Crippen molar-refractivity contribution in [1.29, 1.82) is 0 Å². The van der Waals surface area contributed by atoms with Gasteiger partial charge < -0.3 is 29.0 Å². The van der Waals surface area contributed by atoms with E-state index in [4.69, 9.17) is 14.2 Å². The summed E-state index contributed by atoms with van der Waals surface area (Å²) in [6.07, 6.45) is 5.83. The van der Waals surface area contributed by atoms with Gasteiger partial charge in [0, 0.05) is 51.1 Å². The Hall–Kier alpha value is -3.07. The molecule has 1 aromatic heterocycles. The summed E-state index contributed by atoms with van der Waals surface area (Å²) in [7, 11) is 1.79. The number of rotatable bonds is 4. The second-order valence-electron chi connectivity index (χ2n) is 8.06. The fourth-order valence-electron chi connectivity index (χ4n) is 4.39. The van der Waals surface area contributed by atoms with E-state index in [1.54, 1.807) is 42.2 Å². The lowest BCUT2D eigenvalue weighted by molar-refractivity contribution is -0.219. The Balaban J connectivity index is 1.10. The first-order valence-electron chi connectivity index (χ1n) is 10.2. The van der Waals surface area contributed by atoms with Crippen LogP contribution >= 0.6 is 0 Å². The highest BCUT2D eigenvalue weighted by Gasteiger charge is 2.47. The molecule has 1 aromatic carbocycles. The second kappa shape index (κ2) is 7.32. The van der Waals surface area contributed by atoms with E-state index in [0.717, 1.165) is 19.3 Å². The monoisotopic (exact) mass is 412 g/mol. The van der Waals surface area contributed by atoms with Gasteiger partial charge in [-0.1, -0.05) is 0 Å². The van der Waals surface area contributed by atoms with Crippen molar-refractivity contribution in [3.63, 3.8) is 0 Å². The molecule has 5 rings (SSSR count). The van der Waals surface area contributed by atoms with Crippen molar-refractivity contribution in [3.8, 4) is 11.5 Å². The fourth-order valence-corrected chi connectivity index (χ4v) is 4.39. The molecule has 2 fully saturated rings. The summed E-state index contributed by atoms with van der Waals surface area (Å²) in [4.78, 5) is 30.9. The quantitative estimate of drug-likeness (QED) is 0.815. The molecule has 158 valence electrons. The van der Waals surface area contributed by atoms with Crippen LogP contribution in [0.15, 0.2) is 30.6 Å². The first-order valence-corrected chi connectivity index (χ1v) is 10.2. The largest absolute Gasteiger partial charge is 0.454 e. The molecule has 1 N–H and O–H groups in total. The number of amides is 2. The van der Waals surface area contributed by atoms with Crippen LogP contribution in [0.3, 0.4) is 0 Å². The molecule has 9 heteroatoms. The molecule has 2 saturated heterocycles. The van der Waals surface area contributed by atoms with Gasteiger partial charge in [-0.2, -0.15) is 0 Å². The second-order valence-corrected chi connectivity index (χ2v) is 8.06. The fraction of sp³-hybridized carbons (Fsp3) is 0.476. The van der Waals surface area contributed by atoms with Crippen molar-refractivity contribution < 1.29 is 23.8 Å². The van der Waals surface area contributed by atoms with Gasteiger partial charge in [0.2, 0.25) is 6.79 Å². The minimum absolute atomic E-state index is 0.00125. The van der Waals surface area contributed by atoms with Crippen molar-refractivity contribution >= 4 is 11.8 Å². The van der Waals surface area contributed by atoms with Crippen LogP contribution in [0.4, 0.5) is 0 Å². The lowest BCUT2D eigenvalue weighted by Crippen LogP contribution is -2.59. The Bertz CT molecular complexity index is 972. The van der Waals surface area contributed by atoms with Gasteiger partial charge in [0.15, 0.2) is 17.3 Å². The Morgan fingerprint density at radius 1 is 1.23 bits per heavy atom. The SMILES string of the molecule is Cn1ccnc1C(=O)NC[C@H]1CC2(CCN(C(=O)c3ccc4c(c3)OCO4)CC2)O1. The Kier molecular flexibility index (Phi) is 4.62. The topological polar surface area (TPSA) is 94.9 Å². The molecule has 2 amide bonds. The number of imidazole rings is 1. The van der Waals surface area contributed by atoms with Crippen molar-refractivity contribution in [2.24, 2.45) is 7.05 Å². The van der Waals surface area contributed by atoms with E-state index in [1.165, 1.54) is 0 Å². The number of benzene rings is 1. The lowest BCUT2D eigenvalue weighted by Gasteiger charge is -2.52. The molecule has 1 spiro atoms. The van der Waals surface area contributed by atoms with Crippen LogP contribution in [0.5, 0.6) is 11.5 Å². The van der Waals surface area contributed by atoms with E-state index < -0.39 is 0 Å². The number of hydrogen-bond donors (Lipinski definition) is 1. The molecular formula is C21H24N4O5. The van der Waals surface area contributed by atoms with Crippen molar-refractivity contribution in [3.05, 3.63) is 42.0 Å². The molecule has 3 aliphatic rings. The first-order chi connectivity index (χ1) is 14.5. The summed E-state index contributed by atoms with van der Waals surface area (Å²) in [6, 6.07) is 5.30. The summed E-state index contributed by atoms with van der Waals surface area (Å²) in [5, 5.41) is 2.88. The summed E-state index contributed by atoms with van der Waals surface area (Å²) < 4.78 is 18.5. The first kappa shape index (κ1) is 18.9. The van der Waals surface area contributed by atoms with E-state index in [2.05, 4.69) is 10.3 Å². The average molecular weight is 412 g/mol. The number of nitrogens with zero attached hydrogens (tertiary/aromatic N) is 3. The number of ether oxygens (including phenoxy) is 3. The maximum absolute atomic E-state index is 12.8. The van der Waals surface area contributed by atoms with E-state index >= 15 is 0 Å². The van der Waals surface area contributed by atoms with E-state index in [0.29, 0.717) is 42.5 Å². The summed E-state index contributed by atoms with van der Waals surface area (Å²) in [5.41, 5.74) is 0.434. The molecule has 2 aromatic rings. The van der Waals surface area contributed by atoms with Crippen molar-refractivity contribution in [1.82, 2.24) is 19.8 Å². The Morgan fingerprint density at radius 3 is 2.73 bits per heavy atom. The third-order valence-corrected chi connectivity index (χ3v) is 6.11. The standard InChI is InChI=1S/C21H24N4O5/c1-24-9-6-22-18(24)19(26)23-12-15-11-21(30-15)4-7-25(8-5-21)20(27)14-2-3-16-17(10-14)29-13-28-16/h2-3,6,9-10,15H,4-5,7-8,11-13H2,1H3,(H,23,26)/t15-/m1/s1. The van der Waals surface area contributed by atoms with Crippen LogP contribution in [0, 0.1) is 0 Å². The summed E-state index contributed by atoms with van der Waals surface area (Å²) in [5.74, 6) is 1.48. The van der Waals surface area contributed by atoms with Gasteiger partial charge in [0.1, 0.15) is 0 Å². The van der Waals surface area contributed by atoms with Gasteiger partial charge in [-0.05, 0) is 31.0 Å². The number of nitrogens with one attached hydrogen (secondary N) is 1. The average Bonchev–Trinajstić information content (AvgIpc) is 3.38. The van der Waals surface area contributed by atoms with E-state index in [-0.39, 0.29) is 30.3 Å². The van der Waals surface area contributed by atoms with Crippen LogP contribution in [0.1, 0.15) is 40.2 Å². The number of aromatic nitrogens is 2. The van der Waals surface area contributed by atoms with E-state index in [1.807, 2.05) is 4.90 Å². The minimum atomic E-state index is -0.198. The van der Waals surface area contributed by atoms with Crippen LogP contribution < -0.4 is 14.8 Å². The number of carbonyl (C=O) groups is 2. The third kappa shape index (κ3) is 3.39. The van der Waals surface area contributed by atoms with Gasteiger partial charge in [0.25, 0.3) is 11.8 Å². The molecular weight excluding hydrogens is 388 g/mol. The zero-order valence-electron chi connectivity index (χ0n) is 16.8. The molecule has 0 bridgehead atoms. The van der Waals surface area contributed by atoms with Crippen LogP contribution in [0.2, 0.25) is 0 Å². The van der Waals surface area contributed by atoms with Crippen LogP contribution in [-0.4, -0.2) is 64.4 Å². The molecule has 0 unspecified atom stereocenters. The molecule has 4 heterocycles. The van der Waals surface area contributed by atoms with Gasteiger partial charge in [-0.3, -0.25) is 9.59 Å². The molecule has 1 atom stereocenters. The maximum Gasteiger partial charge on any atom is 0.287 e. The maximum atomic E-state index is 12.8. The lowest BCUT2D eigenvalue weighted by atomic mass is 9.80. The Labute approximate surface area is 173 Å². The minimum Gasteiger partial charge on any atom is -0.454 e. The Morgan fingerprint density at radius 2 is 2.00 bits per heavy atom. The zero-order chi connectivity index (χ0) is 20.7. The highest BCUT2D eigenvalue weighted by molar-refractivity contribution is 5.95. The van der Waals surface area contributed by atoms with Gasteiger partial charge in [-0.25, -0.2) is 4.98 Å². The van der Waals surface area contributed by atoms with Gasteiger partial charge >= 0.3 is 0 Å². The number of hydrogen-bond acceptors (Lipinski definition) is 6. The number of carbonyl (C=O) groups excluding carboxylic acids is 2. The predicted octanol–water partition coefficient (Wildman–Crippen LogP) is 1.34. The molecule has 0 aliphatic carbocycles. The smallest absolute Gasteiger partial charge is 0.287 e. The van der Waals surface area contributed by atoms with Crippen molar-refractivity contribution in [2.45, 2.75) is 31.0 Å². The van der Waals surface area contributed by atoms with Gasteiger partial charge in [0.05, 0.1) is 11.7 Å². The predicted molar refractivity (Wildman–Crippen MR) is 105 cm³/mol.